The van der Waals surface area contributed by atoms with Gasteiger partial charge in [-0.3, -0.25) is 4.90 Å². The first-order valence-corrected chi connectivity index (χ1v) is 13.6. The van der Waals surface area contributed by atoms with Gasteiger partial charge in [0.25, 0.3) is 0 Å². The van der Waals surface area contributed by atoms with Crippen LogP contribution in [-0.2, 0) is 11.3 Å². The van der Waals surface area contributed by atoms with E-state index >= 15 is 0 Å². The van der Waals surface area contributed by atoms with Crippen LogP contribution in [0.1, 0.15) is 18.4 Å². The number of methoxy groups -OCH3 is 1. The number of carbonyl (C=O) groups is 1. The summed E-state index contributed by atoms with van der Waals surface area (Å²) in [6.07, 6.45) is 3.08. The summed E-state index contributed by atoms with van der Waals surface area (Å²) in [5.74, 6) is 2.62. The molecule has 0 aliphatic carbocycles. The SMILES string of the molecule is COc1cccc(N(C)C)c1CN(c1nc(N2CCN(CC=O)CC2)nc2ccccc12)C1CCNCC1. The van der Waals surface area contributed by atoms with Crippen LogP contribution in [0.25, 0.3) is 10.9 Å². The Morgan fingerprint density at radius 3 is 2.50 bits per heavy atom. The Balaban J connectivity index is 1.59. The van der Waals surface area contributed by atoms with Crippen molar-refractivity contribution in [3.8, 4) is 5.75 Å². The molecule has 2 aliphatic rings. The monoisotopic (exact) mass is 517 g/mol. The molecule has 0 atom stereocenters. The van der Waals surface area contributed by atoms with Gasteiger partial charge < -0.3 is 29.5 Å². The molecule has 0 bridgehead atoms. The first-order chi connectivity index (χ1) is 18.6. The van der Waals surface area contributed by atoms with Gasteiger partial charge in [-0.15, -0.1) is 0 Å². The number of piperidine rings is 1. The second kappa shape index (κ2) is 12.0. The molecule has 2 aliphatic heterocycles. The summed E-state index contributed by atoms with van der Waals surface area (Å²) in [5, 5.41) is 4.59. The maximum absolute atomic E-state index is 11.0. The number of hydrogen-bond donors (Lipinski definition) is 1. The first kappa shape index (κ1) is 26.2. The number of hydrogen-bond acceptors (Lipinski definition) is 9. The molecule has 9 nitrogen and oxygen atoms in total. The molecule has 0 amide bonds. The molecule has 9 heteroatoms. The van der Waals surface area contributed by atoms with E-state index in [0.29, 0.717) is 19.1 Å². The third-order valence-electron chi connectivity index (χ3n) is 7.72. The van der Waals surface area contributed by atoms with Crippen LogP contribution in [0.5, 0.6) is 5.75 Å². The molecule has 3 aromatic rings. The van der Waals surface area contributed by atoms with E-state index in [1.165, 1.54) is 0 Å². The number of ether oxygens (including phenoxy) is 1. The van der Waals surface area contributed by atoms with Gasteiger partial charge in [0, 0.05) is 63.0 Å². The number of nitrogens with one attached hydrogen (secondary N) is 1. The van der Waals surface area contributed by atoms with E-state index in [1.807, 2.05) is 12.1 Å². The number of anilines is 3. The molecule has 0 spiro atoms. The summed E-state index contributed by atoms with van der Waals surface area (Å²) >= 11 is 0. The van der Waals surface area contributed by atoms with Gasteiger partial charge in [-0.05, 0) is 50.2 Å². The maximum atomic E-state index is 11.0. The topological polar surface area (TPSA) is 77.1 Å². The van der Waals surface area contributed by atoms with Crippen molar-refractivity contribution < 1.29 is 9.53 Å². The minimum atomic E-state index is 0.340. The zero-order valence-corrected chi connectivity index (χ0v) is 22.8. The molecular weight excluding hydrogens is 478 g/mol. The molecule has 2 aromatic carbocycles. The average molecular weight is 518 g/mol. The lowest BCUT2D eigenvalue weighted by molar-refractivity contribution is -0.108. The van der Waals surface area contributed by atoms with E-state index in [9.17, 15) is 4.79 Å². The molecule has 5 rings (SSSR count). The Morgan fingerprint density at radius 2 is 1.79 bits per heavy atom. The summed E-state index contributed by atoms with van der Waals surface area (Å²) in [4.78, 5) is 30.4. The molecule has 202 valence electrons. The van der Waals surface area contributed by atoms with Crippen LogP contribution < -0.4 is 24.8 Å². The van der Waals surface area contributed by atoms with Crippen LogP contribution >= 0.6 is 0 Å². The van der Waals surface area contributed by atoms with Crippen molar-refractivity contribution in [2.24, 2.45) is 0 Å². The minimum absolute atomic E-state index is 0.340. The normalized spacial score (nSPS) is 17.0. The number of piperazine rings is 1. The van der Waals surface area contributed by atoms with Crippen molar-refractivity contribution in [3.63, 3.8) is 0 Å². The quantitative estimate of drug-likeness (QED) is 0.431. The highest BCUT2D eigenvalue weighted by Crippen LogP contribution is 2.36. The van der Waals surface area contributed by atoms with Crippen molar-refractivity contribution in [1.82, 2.24) is 20.2 Å². The van der Waals surface area contributed by atoms with Crippen LogP contribution in [0.15, 0.2) is 42.5 Å². The Hall–Kier alpha value is -3.43. The third-order valence-corrected chi connectivity index (χ3v) is 7.72. The summed E-state index contributed by atoms with van der Waals surface area (Å²) in [6, 6.07) is 14.9. The number of aldehydes is 1. The number of rotatable bonds is 9. The van der Waals surface area contributed by atoms with Crippen molar-refractivity contribution >= 4 is 34.6 Å². The van der Waals surface area contributed by atoms with Gasteiger partial charge in [0.1, 0.15) is 17.9 Å². The van der Waals surface area contributed by atoms with Gasteiger partial charge in [0.15, 0.2) is 0 Å². The lowest BCUT2D eigenvalue weighted by Gasteiger charge is -2.38. The number of para-hydroxylation sites is 1. The van der Waals surface area contributed by atoms with E-state index in [4.69, 9.17) is 14.7 Å². The molecular formula is C29H39N7O2. The zero-order chi connectivity index (χ0) is 26.5. The summed E-state index contributed by atoms with van der Waals surface area (Å²) < 4.78 is 5.86. The molecule has 2 fully saturated rings. The van der Waals surface area contributed by atoms with E-state index < -0.39 is 0 Å². The predicted octanol–water partition coefficient (Wildman–Crippen LogP) is 2.78. The number of carbonyl (C=O) groups excluding carboxylic acids is 1. The van der Waals surface area contributed by atoms with Crippen LogP contribution in [0.3, 0.4) is 0 Å². The molecule has 0 radical (unpaired) electrons. The lowest BCUT2D eigenvalue weighted by Crippen LogP contribution is -2.47. The number of aromatic nitrogens is 2. The highest BCUT2D eigenvalue weighted by Gasteiger charge is 2.28. The number of benzene rings is 2. The lowest BCUT2D eigenvalue weighted by atomic mass is 10.0. The van der Waals surface area contributed by atoms with E-state index in [2.05, 4.69) is 69.3 Å². The molecule has 1 aromatic heterocycles. The number of fused-ring (bicyclic) bond motifs is 1. The molecule has 0 unspecified atom stereocenters. The highest BCUT2D eigenvalue weighted by molar-refractivity contribution is 5.91. The van der Waals surface area contributed by atoms with Crippen molar-refractivity contribution in [2.45, 2.75) is 25.4 Å². The molecule has 3 heterocycles. The Bertz CT molecular complexity index is 1240. The van der Waals surface area contributed by atoms with Crippen LogP contribution in [0.4, 0.5) is 17.5 Å². The third kappa shape index (κ3) is 5.54. The van der Waals surface area contributed by atoms with E-state index in [1.54, 1.807) is 7.11 Å². The molecule has 1 N–H and O–H groups in total. The zero-order valence-electron chi connectivity index (χ0n) is 22.8. The Kier molecular flexibility index (Phi) is 8.24. The first-order valence-electron chi connectivity index (χ1n) is 13.6. The van der Waals surface area contributed by atoms with Crippen molar-refractivity contribution in [2.75, 3.05) is 81.7 Å². The predicted molar refractivity (Wildman–Crippen MR) is 154 cm³/mol. The maximum Gasteiger partial charge on any atom is 0.227 e. The van der Waals surface area contributed by atoms with E-state index in [0.717, 1.165) is 98.1 Å². The number of nitrogens with zero attached hydrogens (tertiary/aromatic N) is 6. The second-order valence-corrected chi connectivity index (χ2v) is 10.3. The van der Waals surface area contributed by atoms with Gasteiger partial charge in [-0.25, -0.2) is 4.98 Å². The van der Waals surface area contributed by atoms with E-state index in [-0.39, 0.29) is 0 Å². The Morgan fingerprint density at radius 1 is 1.03 bits per heavy atom. The van der Waals surface area contributed by atoms with Gasteiger partial charge in [-0.2, -0.15) is 4.98 Å². The van der Waals surface area contributed by atoms with Gasteiger partial charge in [0.05, 0.1) is 25.7 Å². The average Bonchev–Trinajstić information content (AvgIpc) is 2.96. The standard InChI is InChI=1S/C29H39N7O2/c1-33(2)26-9-6-10-27(38-3)24(26)21-36(22-11-13-30-14-12-22)28-23-7-4-5-8-25(23)31-29(32-28)35-17-15-34(16-18-35)19-20-37/h4-10,20,22,30H,11-19,21H2,1-3H3. The van der Waals surface area contributed by atoms with Crippen molar-refractivity contribution in [1.29, 1.82) is 0 Å². The second-order valence-electron chi connectivity index (χ2n) is 10.3. The van der Waals surface area contributed by atoms with Crippen LogP contribution in [0.2, 0.25) is 0 Å². The van der Waals surface area contributed by atoms with Crippen LogP contribution in [0, 0.1) is 0 Å². The van der Waals surface area contributed by atoms with Gasteiger partial charge in [-0.1, -0.05) is 18.2 Å². The van der Waals surface area contributed by atoms with Crippen LogP contribution in [-0.4, -0.2) is 94.2 Å². The summed E-state index contributed by atoms with van der Waals surface area (Å²) in [5.41, 5.74) is 3.26. The van der Waals surface area contributed by atoms with Gasteiger partial charge in [0.2, 0.25) is 5.95 Å². The molecule has 38 heavy (non-hydrogen) atoms. The highest BCUT2D eigenvalue weighted by atomic mass is 16.5. The smallest absolute Gasteiger partial charge is 0.227 e. The van der Waals surface area contributed by atoms with Gasteiger partial charge >= 0.3 is 0 Å². The largest absolute Gasteiger partial charge is 0.496 e. The minimum Gasteiger partial charge on any atom is -0.496 e. The molecule has 2 saturated heterocycles. The van der Waals surface area contributed by atoms with Crippen molar-refractivity contribution in [3.05, 3.63) is 48.0 Å². The fraction of sp³-hybridized carbons (Fsp3) is 0.483. The fourth-order valence-corrected chi connectivity index (χ4v) is 5.63. The fourth-order valence-electron chi connectivity index (χ4n) is 5.63. The Labute approximate surface area is 225 Å². The summed E-state index contributed by atoms with van der Waals surface area (Å²) in [6.45, 7) is 6.41. The summed E-state index contributed by atoms with van der Waals surface area (Å²) in [7, 11) is 5.90. The molecule has 0 saturated carbocycles.